The number of hydrogen-bond acceptors (Lipinski definition) is 2. The minimum Gasteiger partial charge on any atom is -0.384 e. The average Bonchev–Trinajstić information content (AvgIpc) is 2.86. The van der Waals surface area contributed by atoms with Gasteiger partial charge in [0.25, 0.3) is 0 Å². The molecule has 0 saturated carbocycles. The molecule has 3 heteroatoms. The van der Waals surface area contributed by atoms with Crippen LogP contribution in [0.4, 0.5) is 0 Å². The van der Waals surface area contributed by atoms with Gasteiger partial charge in [-0.2, -0.15) is 0 Å². The van der Waals surface area contributed by atoms with Gasteiger partial charge in [0, 0.05) is 5.56 Å². The predicted octanol–water partition coefficient (Wildman–Crippen LogP) is 8.46. The molecule has 35 heavy (non-hydrogen) atoms. The van der Waals surface area contributed by atoms with Crippen molar-refractivity contribution in [1.82, 2.24) is 0 Å². The van der Waals surface area contributed by atoms with E-state index in [4.69, 9.17) is 0 Å². The Kier molecular flexibility index (Phi) is 7.59. The molecule has 4 aromatic rings. The largest absolute Gasteiger partial charge is 0.384 e. The van der Waals surface area contributed by atoms with Crippen molar-refractivity contribution in [2.45, 2.75) is 75.2 Å². The molecule has 2 atom stereocenters. The maximum atomic E-state index is 14.7. The Morgan fingerprint density at radius 3 is 1.74 bits per heavy atom. The van der Waals surface area contributed by atoms with Crippen molar-refractivity contribution in [1.29, 1.82) is 0 Å². The molecule has 0 aliphatic heterocycles. The molecule has 0 saturated heterocycles. The molecule has 0 spiro atoms. The van der Waals surface area contributed by atoms with Crippen LogP contribution in [0.5, 0.6) is 0 Å². The Morgan fingerprint density at radius 2 is 1.17 bits per heavy atom. The van der Waals surface area contributed by atoms with Crippen molar-refractivity contribution >= 4 is 21.6 Å². The summed E-state index contributed by atoms with van der Waals surface area (Å²) in [5, 5.41) is 13.4. The van der Waals surface area contributed by atoms with Crippen LogP contribution in [-0.4, -0.2) is 9.32 Å². The van der Waals surface area contributed by atoms with E-state index < -0.39 is 16.9 Å². The van der Waals surface area contributed by atoms with Crippen molar-refractivity contribution < 1.29 is 9.32 Å². The van der Waals surface area contributed by atoms with E-state index in [9.17, 15) is 9.32 Å². The lowest BCUT2D eigenvalue weighted by molar-refractivity contribution is 0.217. The Morgan fingerprint density at radius 1 is 0.600 bits per heavy atom. The fourth-order valence-corrected chi connectivity index (χ4v) is 6.70. The second-order valence-electron chi connectivity index (χ2n) is 10.3. The van der Waals surface area contributed by atoms with Crippen LogP contribution in [0.2, 0.25) is 0 Å². The first-order valence-corrected chi connectivity index (χ1v) is 13.7. The summed E-state index contributed by atoms with van der Waals surface area (Å²) in [6.07, 6.45) is -0.861. The Labute approximate surface area is 212 Å². The lowest BCUT2D eigenvalue weighted by Crippen LogP contribution is -2.12. The number of rotatable bonds is 7. The molecular formula is C32H36O2S. The summed E-state index contributed by atoms with van der Waals surface area (Å²) in [5.74, 6) is 0.839. The van der Waals surface area contributed by atoms with Crippen LogP contribution in [0, 0.1) is 0 Å². The third-order valence-corrected chi connectivity index (χ3v) is 8.44. The van der Waals surface area contributed by atoms with Crippen LogP contribution < -0.4 is 0 Å². The molecule has 0 aromatic heterocycles. The highest BCUT2D eigenvalue weighted by atomic mass is 32.2. The first-order chi connectivity index (χ1) is 16.7. The van der Waals surface area contributed by atoms with Gasteiger partial charge < -0.3 is 5.11 Å². The van der Waals surface area contributed by atoms with E-state index in [0.29, 0.717) is 16.4 Å². The second kappa shape index (κ2) is 10.5. The summed E-state index contributed by atoms with van der Waals surface area (Å²) in [7, 11) is -1.47. The quantitative estimate of drug-likeness (QED) is 0.286. The zero-order chi connectivity index (χ0) is 25.3. The molecule has 4 rings (SSSR count). The van der Waals surface area contributed by atoms with Gasteiger partial charge in [0.2, 0.25) is 0 Å². The Bertz CT molecular complexity index is 1320. The Hall–Kier alpha value is -2.75. The zero-order valence-corrected chi connectivity index (χ0v) is 22.4. The molecule has 182 valence electrons. The molecule has 0 aliphatic carbocycles. The average molecular weight is 485 g/mol. The van der Waals surface area contributed by atoms with Crippen molar-refractivity contribution in [3.8, 4) is 0 Å². The molecule has 0 aliphatic rings. The summed E-state index contributed by atoms with van der Waals surface area (Å²) in [6, 6.07) is 26.1. The van der Waals surface area contributed by atoms with Crippen LogP contribution in [0.15, 0.2) is 88.7 Å². The summed E-state index contributed by atoms with van der Waals surface area (Å²) < 4.78 is 14.7. The normalized spacial score (nSPS) is 13.7. The van der Waals surface area contributed by atoms with Crippen LogP contribution in [0.25, 0.3) is 10.8 Å². The van der Waals surface area contributed by atoms with E-state index in [1.165, 1.54) is 5.56 Å². The third-order valence-electron chi connectivity index (χ3n) is 6.77. The smallest absolute Gasteiger partial charge is 0.105 e. The van der Waals surface area contributed by atoms with Gasteiger partial charge in [-0.1, -0.05) is 120 Å². The molecule has 0 amide bonds. The summed E-state index contributed by atoms with van der Waals surface area (Å²) in [5.41, 5.74) is 5.04. The van der Waals surface area contributed by atoms with Gasteiger partial charge in [-0.25, -0.2) is 4.21 Å². The number of fused-ring (bicyclic) bond motifs is 1. The topological polar surface area (TPSA) is 37.3 Å². The van der Waals surface area contributed by atoms with Gasteiger partial charge in [0.1, 0.15) is 6.10 Å². The first kappa shape index (κ1) is 25.3. The van der Waals surface area contributed by atoms with Gasteiger partial charge >= 0.3 is 0 Å². The van der Waals surface area contributed by atoms with Crippen LogP contribution >= 0.6 is 0 Å². The van der Waals surface area contributed by atoms with E-state index in [1.54, 1.807) is 0 Å². The van der Waals surface area contributed by atoms with Crippen LogP contribution in [0.3, 0.4) is 0 Å². The second-order valence-corrected chi connectivity index (χ2v) is 11.6. The molecule has 0 bridgehead atoms. The fourth-order valence-electron chi connectivity index (χ4n) is 4.70. The zero-order valence-electron chi connectivity index (χ0n) is 21.6. The molecule has 0 radical (unpaired) electrons. The standard InChI is InChI=1S/C32H36O2S/c1-20(2)25-18-28(21(3)4)32(29(19-25)22(5)6)35(34)31-26-15-11-10-12-23(26)16-17-27(31)30(33)24-13-8-7-9-14-24/h7-22,30,33H,1-6H3/t30-,35?/m1/s1. The van der Waals surface area contributed by atoms with Crippen molar-refractivity contribution in [2.24, 2.45) is 0 Å². The van der Waals surface area contributed by atoms with Gasteiger partial charge in [0.05, 0.1) is 20.6 Å². The van der Waals surface area contributed by atoms with E-state index >= 15 is 0 Å². The lowest BCUT2D eigenvalue weighted by atomic mass is 9.89. The maximum Gasteiger partial charge on any atom is 0.105 e. The minimum absolute atomic E-state index is 0.225. The third kappa shape index (κ3) is 4.98. The van der Waals surface area contributed by atoms with Crippen molar-refractivity contribution in [3.05, 3.63) is 107 Å². The molecule has 0 fully saturated rings. The number of hydrogen-bond donors (Lipinski definition) is 1. The summed E-state index contributed by atoms with van der Waals surface area (Å²) in [4.78, 5) is 1.61. The monoisotopic (exact) mass is 484 g/mol. The van der Waals surface area contributed by atoms with E-state index in [1.807, 2.05) is 66.7 Å². The molecule has 4 aromatic carbocycles. The summed E-state index contributed by atoms with van der Waals surface area (Å²) >= 11 is 0. The molecule has 0 heterocycles. The molecule has 1 unspecified atom stereocenters. The molecule has 2 nitrogen and oxygen atoms in total. The van der Waals surface area contributed by atoms with E-state index in [2.05, 4.69) is 53.7 Å². The van der Waals surface area contributed by atoms with Crippen LogP contribution in [-0.2, 0) is 10.8 Å². The maximum absolute atomic E-state index is 14.7. The van der Waals surface area contributed by atoms with Gasteiger partial charge in [-0.3, -0.25) is 0 Å². The highest BCUT2D eigenvalue weighted by Crippen LogP contribution is 2.40. The minimum atomic E-state index is -1.47. The number of aliphatic hydroxyl groups is 1. The van der Waals surface area contributed by atoms with Crippen molar-refractivity contribution in [2.75, 3.05) is 0 Å². The molecule has 1 N–H and O–H groups in total. The Balaban J connectivity index is 2.04. The highest BCUT2D eigenvalue weighted by molar-refractivity contribution is 7.85. The van der Waals surface area contributed by atoms with Crippen molar-refractivity contribution in [3.63, 3.8) is 0 Å². The van der Waals surface area contributed by atoms with Gasteiger partial charge in [0.15, 0.2) is 0 Å². The highest BCUT2D eigenvalue weighted by Gasteiger charge is 2.27. The SMILES string of the molecule is CC(C)c1cc(C(C)C)c(S(=O)c2c([C@H](O)c3ccccc3)ccc3ccccc23)c(C(C)C)c1. The van der Waals surface area contributed by atoms with Crippen LogP contribution in [0.1, 0.15) is 93.2 Å². The predicted molar refractivity (Wildman–Crippen MR) is 148 cm³/mol. The summed E-state index contributed by atoms with van der Waals surface area (Å²) in [6.45, 7) is 13.1. The first-order valence-electron chi connectivity index (χ1n) is 12.5. The number of aliphatic hydroxyl groups excluding tert-OH is 1. The lowest BCUT2D eigenvalue weighted by Gasteiger charge is -2.24. The molecular weight excluding hydrogens is 448 g/mol. The van der Waals surface area contributed by atoms with E-state index in [0.717, 1.165) is 32.4 Å². The van der Waals surface area contributed by atoms with Gasteiger partial charge in [-0.05, 0) is 50.8 Å². The number of benzene rings is 4. The fraction of sp³-hybridized carbons (Fsp3) is 0.312. The van der Waals surface area contributed by atoms with E-state index in [-0.39, 0.29) is 11.8 Å². The van der Waals surface area contributed by atoms with Gasteiger partial charge in [-0.15, -0.1) is 0 Å².